The summed E-state index contributed by atoms with van der Waals surface area (Å²) in [4.78, 5) is 0. The molecule has 2 N–H and O–H groups in total. The van der Waals surface area contributed by atoms with Crippen LogP contribution >= 0.6 is 0 Å². The molecule has 0 aromatic rings. The van der Waals surface area contributed by atoms with E-state index in [0.29, 0.717) is 5.57 Å². The summed E-state index contributed by atoms with van der Waals surface area (Å²) in [5, 5.41) is 0. The third-order valence-electron chi connectivity index (χ3n) is 1.02. The standard InChI is InChI=1S/C7H10FN/c1-4-5(2)7(9)6(3)8/h4H,1,3,9H2,2H3/b7-5+. The van der Waals surface area contributed by atoms with Crippen LogP contribution in [-0.2, 0) is 0 Å². The smallest absolute Gasteiger partial charge is 0.139 e. The summed E-state index contributed by atoms with van der Waals surface area (Å²) in [6.45, 7) is 8.12. The molecule has 0 spiro atoms. The van der Waals surface area contributed by atoms with E-state index in [-0.39, 0.29) is 5.70 Å². The summed E-state index contributed by atoms with van der Waals surface area (Å²) in [5.41, 5.74) is 5.89. The number of halogens is 1. The Balaban J connectivity index is 4.47. The Morgan fingerprint density at radius 2 is 2.11 bits per heavy atom. The molecule has 50 valence electrons. The Labute approximate surface area is 54.4 Å². The van der Waals surface area contributed by atoms with Gasteiger partial charge in [-0.1, -0.05) is 19.2 Å². The maximum Gasteiger partial charge on any atom is 0.139 e. The van der Waals surface area contributed by atoms with E-state index >= 15 is 0 Å². The maximum absolute atomic E-state index is 12.1. The molecule has 1 nitrogen and oxygen atoms in total. The molecule has 2 heteroatoms. The first-order valence-corrected chi connectivity index (χ1v) is 2.53. The zero-order chi connectivity index (χ0) is 7.44. The second-order valence-corrected chi connectivity index (χ2v) is 1.71. The van der Waals surface area contributed by atoms with E-state index in [1.54, 1.807) is 6.92 Å². The number of allylic oxidation sites excluding steroid dienone is 3. The quantitative estimate of drug-likeness (QED) is 0.563. The van der Waals surface area contributed by atoms with Crippen LogP contribution in [-0.4, -0.2) is 0 Å². The van der Waals surface area contributed by atoms with Gasteiger partial charge >= 0.3 is 0 Å². The van der Waals surface area contributed by atoms with Crippen LogP contribution in [0.15, 0.2) is 36.3 Å². The molecular weight excluding hydrogens is 117 g/mol. The molecule has 0 saturated heterocycles. The second-order valence-electron chi connectivity index (χ2n) is 1.71. The molecule has 0 unspecified atom stereocenters. The van der Waals surface area contributed by atoms with Gasteiger partial charge in [-0.25, -0.2) is 4.39 Å². The van der Waals surface area contributed by atoms with Crippen molar-refractivity contribution < 1.29 is 4.39 Å². The fraction of sp³-hybridized carbons (Fsp3) is 0.143. The predicted molar refractivity (Wildman–Crippen MR) is 37.3 cm³/mol. The van der Waals surface area contributed by atoms with Crippen LogP contribution in [0.3, 0.4) is 0 Å². The van der Waals surface area contributed by atoms with Gasteiger partial charge in [0.15, 0.2) is 0 Å². The molecule has 0 saturated carbocycles. The Hall–Kier alpha value is -1.05. The Morgan fingerprint density at radius 3 is 2.22 bits per heavy atom. The van der Waals surface area contributed by atoms with E-state index in [1.165, 1.54) is 6.08 Å². The Bertz CT molecular complexity index is 168. The molecule has 0 aliphatic heterocycles. The molecule has 0 amide bonds. The lowest BCUT2D eigenvalue weighted by atomic mass is 10.2. The molecule has 0 fully saturated rings. The lowest BCUT2D eigenvalue weighted by Gasteiger charge is -1.97. The van der Waals surface area contributed by atoms with Crippen molar-refractivity contribution in [3.63, 3.8) is 0 Å². The minimum Gasteiger partial charge on any atom is -0.396 e. The van der Waals surface area contributed by atoms with Crippen LogP contribution in [0.5, 0.6) is 0 Å². The van der Waals surface area contributed by atoms with Gasteiger partial charge in [-0.15, -0.1) is 0 Å². The van der Waals surface area contributed by atoms with Crippen molar-refractivity contribution in [1.29, 1.82) is 0 Å². The molecule has 0 rings (SSSR count). The first kappa shape index (κ1) is 7.95. The normalized spacial score (nSPS) is 12.2. The maximum atomic E-state index is 12.1. The van der Waals surface area contributed by atoms with Crippen LogP contribution in [0.4, 0.5) is 4.39 Å². The zero-order valence-electron chi connectivity index (χ0n) is 5.45. The first-order valence-electron chi connectivity index (χ1n) is 2.53. The predicted octanol–water partition coefficient (Wildman–Crippen LogP) is 1.89. The van der Waals surface area contributed by atoms with Crippen LogP contribution in [0.1, 0.15) is 6.92 Å². The molecule has 0 aliphatic carbocycles. The number of rotatable bonds is 2. The van der Waals surface area contributed by atoms with Crippen LogP contribution in [0, 0.1) is 0 Å². The molecule has 0 aromatic heterocycles. The highest BCUT2D eigenvalue weighted by Crippen LogP contribution is 2.07. The van der Waals surface area contributed by atoms with Crippen LogP contribution in [0.2, 0.25) is 0 Å². The fourth-order valence-corrected chi connectivity index (χ4v) is 0.324. The topological polar surface area (TPSA) is 26.0 Å². The summed E-state index contributed by atoms with van der Waals surface area (Å²) >= 11 is 0. The largest absolute Gasteiger partial charge is 0.396 e. The number of hydrogen-bond donors (Lipinski definition) is 1. The van der Waals surface area contributed by atoms with Gasteiger partial charge in [-0.3, -0.25) is 0 Å². The lowest BCUT2D eigenvalue weighted by molar-refractivity contribution is 0.651. The van der Waals surface area contributed by atoms with Gasteiger partial charge < -0.3 is 5.73 Å². The average molecular weight is 127 g/mol. The van der Waals surface area contributed by atoms with E-state index in [9.17, 15) is 4.39 Å². The first-order chi connectivity index (χ1) is 4.09. The summed E-state index contributed by atoms with van der Waals surface area (Å²) in [5.74, 6) is -0.604. The third-order valence-corrected chi connectivity index (χ3v) is 1.02. The molecular formula is C7H10FN. The van der Waals surface area contributed by atoms with E-state index in [2.05, 4.69) is 13.2 Å². The minimum atomic E-state index is -0.604. The van der Waals surface area contributed by atoms with E-state index in [0.717, 1.165) is 0 Å². The van der Waals surface area contributed by atoms with Crippen molar-refractivity contribution in [1.82, 2.24) is 0 Å². The summed E-state index contributed by atoms with van der Waals surface area (Å²) in [6, 6.07) is 0. The monoisotopic (exact) mass is 127 g/mol. The zero-order valence-corrected chi connectivity index (χ0v) is 5.45. The molecule has 0 bridgehead atoms. The second kappa shape index (κ2) is 3.07. The van der Waals surface area contributed by atoms with Gasteiger partial charge in [0.05, 0.1) is 5.70 Å². The molecule has 0 aromatic carbocycles. The third kappa shape index (κ3) is 2.13. The Morgan fingerprint density at radius 1 is 1.67 bits per heavy atom. The summed E-state index contributed by atoms with van der Waals surface area (Å²) in [7, 11) is 0. The molecule has 0 aliphatic rings. The average Bonchev–Trinajstić information content (AvgIpc) is 1.84. The van der Waals surface area contributed by atoms with E-state index < -0.39 is 5.83 Å². The minimum absolute atomic E-state index is 0.0741. The fourth-order valence-electron chi connectivity index (χ4n) is 0.324. The van der Waals surface area contributed by atoms with Gasteiger partial charge in [0.25, 0.3) is 0 Å². The summed E-state index contributed by atoms with van der Waals surface area (Å²) in [6.07, 6.45) is 1.49. The number of hydrogen-bond acceptors (Lipinski definition) is 1. The van der Waals surface area contributed by atoms with Gasteiger partial charge in [0, 0.05) is 0 Å². The summed E-state index contributed by atoms with van der Waals surface area (Å²) < 4.78 is 12.1. The molecule has 9 heavy (non-hydrogen) atoms. The van der Waals surface area contributed by atoms with Crippen molar-refractivity contribution in [2.24, 2.45) is 5.73 Å². The van der Waals surface area contributed by atoms with Gasteiger partial charge in [0.2, 0.25) is 0 Å². The SMILES string of the molecule is C=C/C(C)=C(/N)C(=C)F. The van der Waals surface area contributed by atoms with Crippen molar-refractivity contribution in [3.8, 4) is 0 Å². The Kier molecular flexibility index (Phi) is 2.71. The van der Waals surface area contributed by atoms with Crippen LogP contribution < -0.4 is 5.73 Å². The van der Waals surface area contributed by atoms with E-state index in [4.69, 9.17) is 5.73 Å². The number of nitrogens with two attached hydrogens (primary N) is 1. The highest BCUT2D eigenvalue weighted by atomic mass is 19.1. The van der Waals surface area contributed by atoms with Crippen LogP contribution in [0.25, 0.3) is 0 Å². The van der Waals surface area contributed by atoms with Crippen molar-refractivity contribution in [2.75, 3.05) is 0 Å². The van der Waals surface area contributed by atoms with E-state index in [1.807, 2.05) is 0 Å². The molecule has 0 atom stereocenters. The lowest BCUT2D eigenvalue weighted by Crippen LogP contribution is -1.98. The van der Waals surface area contributed by atoms with Crippen molar-refractivity contribution in [3.05, 3.63) is 36.3 Å². The van der Waals surface area contributed by atoms with Crippen molar-refractivity contribution >= 4 is 0 Å². The van der Waals surface area contributed by atoms with Crippen molar-refractivity contribution in [2.45, 2.75) is 6.92 Å². The van der Waals surface area contributed by atoms with Gasteiger partial charge in [0.1, 0.15) is 5.83 Å². The highest BCUT2D eigenvalue weighted by molar-refractivity contribution is 5.30. The molecule has 0 radical (unpaired) electrons. The highest BCUT2D eigenvalue weighted by Gasteiger charge is 1.96. The van der Waals surface area contributed by atoms with Gasteiger partial charge in [-0.05, 0) is 12.5 Å². The van der Waals surface area contributed by atoms with Gasteiger partial charge in [-0.2, -0.15) is 0 Å². The molecule has 0 heterocycles.